The number of aromatic nitrogens is 1. The van der Waals surface area contributed by atoms with Gasteiger partial charge in [-0.15, -0.1) is 0 Å². The molecule has 0 aliphatic heterocycles. The molecule has 4 nitrogen and oxygen atoms in total. The zero-order valence-electron chi connectivity index (χ0n) is 12.9. The Hall–Kier alpha value is -2.18. The molecule has 120 valence electrons. The number of hydrazone groups is 1. The van der Waals surface area contributed by atoms with Crippen molar-refractivity contribution < 1.29 is 4.79 Å². The summed E-state index contributed by atoms with van der Waals surface area (Å²) in [5, 5.41) is 5.68. The predicted molar refractivity (Wildman–Crippen MR) is 103 cm³/mol. The van der Waals surface area contributed by atoms with Gasteiger partial charge in [-0.05, 0) is 36.4 Å². The van der Waals surface area contributed by atoms with E-state index in [4.69, 9.17) is 0 Å². The smallest absolute Gasteiger partial charge is 0.186 e. The normalized spacial score (nSPS) is 11.5. The fourth-order valence-corrected chi connectivity index (χ4v) is 3.20. The van der Waals surface area contributed by atoms with Crippen LogP contribution in [0.1, 0.15) is 6.92 Å². The molecule has 3 aromatic rings. The van der Waals surface area contributed by atoms with Crippen molar-refractivity contribution >= 4 is 55.1 Å². The molecule has 0 aliphatic carbocycles. The lowest BCUT2D eigenvalue weighted by Gasteiger charge is -2.07. The average Bonchev–Trinajstić information content (AvgIpc) is 2.60. The number of carbonyl (C=O) groups excluding carboxylic acids is 1. The van der Waals surface area contributed by atoms with E-state index in [1.165, 1.54) is 18.7 Å². The summed E-state index contributed by atoms with van der Waals surface area (Å²) in [7, 11) is 0. The highest BCUT2D eigenvalue weighted by molar-refractivity contribution is 9.10. The molecule has 0 spiro atoms. The number of fused-ring (bicyclic) bond motifs is 1. The van der Waals surface area contributed by atoms with Gasteiger partial charge in [0.05, 0.1) is 11.2 Å². The number of nitrogens with one attached hydrogen (secondary N) is 1. The third kappa shape index (κ3) is 4.01. The Bertz CT molecular complexity index is 904. The van der Waals surface area contributed by atoms with Gasteiger partial charge in [-0.3, -0.25) is 15.2 Å². The minimum absolute atomic E-state index is 0.0995. The van der Waals surface area contributed by atoms with E-state index in [0.717, 1.165) is 26.0 Å². The summed E-state index contributed by atoms with van der Waals surface area (Å²) in [5.41, 5.74) is 4.60. The van der Waals surface area contributed by atoms with Crippen LogP contribution in [0.4, 0.5) is 5.69 Å². The second-order valence-corrected chi connectivity index (χ2v) is 6.97. The highest BCUT2D eigenvalue weighted by Gasteiger charge is 2.11. The number of nitrogens with zero attached hydrogens (tertiary/aromatic N) is 2. The first-order valence-corrected chi connectivity index (χ1v) is 8.86. The van der Waals surface area contributed by atoms with Crippen LogP contribution in [0, 0.1) is 0 Å². The molecule has 0 saturated heterocycles. The third-order valence-corrected chi connectivity index (χ3v) is 4.88. The fourth-order valence-electron chi connectivity index (χ4n) is 2.08. The molecule has 1 N–H and O–H groups in total. The van der Waals surface area contributed by atoms with Crippen molar-refractivity contribution in [2.45, 2.75) is 11.8 Å². The van der Waals surface area contributed by atoms with Crippen LogP contribution in [0.3, 0.4) is 0 Å². The SMILES string of the molecule is CC(=O)/C(=N\Nc1ccc(Br)cc1)Sc1cccc2cccnc12. The first-order chi connectivity index (χ1) is 11.6. The molecule has 6 heteroatoms. The van der Waals surface area contributed by atoms with Crippen molar-refractivity contribution in [1.82, 2.24) is 4.98 Å². The summed E-state index contributed by atoms with van der Waals surface area (Å²) >= 11 is 4.70. The van der Waals surface area contributed by atoms with Gasteiger partial charge < -0.3 is 0 Å². The van der Waals surface area contributed by atoms with Crippen LogP contribution < -0.4 is 5.43 Å². The summed E-state index contributed by atoms with van der Waals surface area (Å²) < 4.78 is 0.986. The number of benzene rings is 2. The van der Waals surface area contributed by atoms with Gasteiger partial charge in [0.1, 0.15) is 0 Å². The van der Waals surface area contributed by atoms with Gasteiger partial charge in [0.25, 0.3) is 0 Å². The summed E-state index contributed by atoms with van der Waals surface area (Å²) in [4.78, 5) is 17.3. The zero-order valence-corrected chi connectivity index (χ0v) is 15.3. The van der Waals surface area contributed by atoms with E-state index in [0.29, 0.717) is 5.04 Å². The van der Waals surface area contributed by atoms with E-state index in [2.05, 4.69) is 31.4 Å². The van der Waals surface area contributed by atoms with Gasteiger partial charge >= 0.3 is 0 Å². The molecular formula is C18H14BrN3OS. The quantitative estimate of drug-likeness (QED) is 0.286. The number of para-hydroxylation sites is 1. The first-order valence-electron chi connectivity index (χ1n) is 7.25. The van der Waals surface area contributed by atoms with Crippen LogP contribution in [0.2, 0.25) is 0 Å². The Kier molecular flexibility index (Phi) is 5.27. The molecule has 0 radical (unpaired) electrons. The second kappa shape index (κ2) is 7.59. The van der Waals surface area contributed by atoms with Crippen molar-refractivity contribution in [2.24, 2.45) is 5.10 Å². The topological polar surface area (TPSA) is 54.4 Å². The number of rotatable bonds is 4. The van der Waals surface area contributed by atoms with Crippen LogP contribution in [-0.2, 0) is 4.79 Å². The van der Waals surface area contributed by atoms with Gasteiger partial charge in [-0.2, -0.15) is 5.10 Å². The molecule has 0 atom stereocenters. The Morgan fingerprint density at radius 1 is 1.12 bits per heavy atom. The van der Waals surface area contributed by atoms with Crippen LogP contribution in [0.15, 0.2) is 75.3 Å². The van der Waals surface area contributed by atoms with Gasteiger partial charge in [-0.25, -0.2) is 0 Å². The number of anilines is 1. The van der Waals surface area contributed by atoms with E-state index in [1.54, 1.807) is 6.20 Å². The molecule has 1 aromatic heterocycles. The lowest BCUT2D eigenvalue weighted by molar-refractivity contribution is -0.110. The second-order valence-electron chi connectivity index (χ2n) is 5.03. The molecule has 3 rings (SSSR count). The zero-order chi connectivity index (χ0) is 16.9. The number of ketones is 1. The number of carbonyl (C=O) groups is 1. The molecule has 24 heavy (non-hydrogen) atoms. The summed E-state index contributed by atoms with van der Waals surface area (Å²) in [6, 6.07) is 17.4. The van der Waals surface area contributed by atoms with Gasteiger partial charge in [0.15, 0.2) is 10.8 Å². The predicted octanol–water partition coefficient (Wildman–Crippen LogP) is 5.10. The summed E-state index contributed by atoms with van der Waals surface area (Å²) in [5.74, 6) is -0.0995. The number of hydrogen-bond acceptors (Lipinski definition) is 5. The molecule has 0 unspecified atom stereocenters. The number of thioether (sulfide) groups is 1. The van der Waals surface area contributed by atoms with Crippen molar-refractivity contribution in [1.29, 1.82) is 0 Å². The molecular weight excluding hydrogens is 386 g/mol. The molecule has 2 aromatic carbocycles. The number of hydrogen-bond donors (Lipinski definition) is 1. The average molecular weight is 400 g/mol. The van der Waals surface area contributed by atoms with E-state index in [1.807, 2.05) is 54.6 Å². The minimum atomic E-state index is -0.0995. The summed E-state index contributed by atoms with van der Waals surface area (Å²) in [6.07, 6.45) is 1.75. The van der Waals surface area contributed by atoms with Crippen LogP contribution >= 0.6 is 27.7 Å². The fraction of sp³-hybridized carbons (Fsp3) is 0.0556. The standard InChI is InChI=1S/C18H14BrN3OS/c1-12(23)18(22-21-15-9-7-14(19)8-10-15)24-16-6-2-4-13-5-3-11-20-17(13)16/h2-11,21H,1H3/b22-18+. The van der Waals surface area contributed by atoms with Crippen molar-refractivity contribution in [2.75, 3.05) is 5.43 Å². The third-order valence-electron chi connectivity index (χ3n) is 3.23. The van der Waals surface area contributed by atoms with E-state index < -0.39 is 0 Å². The number of pyridine rings is 1. The highest BCUT2D eigenvalue weighted by atomic mass is 79.9. The molecule has 0 fully saturated rings. The number of halogens is 1. The van der Waals surface area contributed by atoms with E-state index in [9.17, 15) is 4.79 Å². The lowest BCUT2D eigenvalue weighted by Crippen LogP contribution is -2.08. The number of Topliss-reactive ketones (excluding diaryl/α,β-unsaturated/α-hetero) is 1. The lowest BCUT2D eigenvalue weighted by atomic mass is 10.2. The molecule has 0 aliphatic rings. The van der Waals surface area contributed by atoms with Crippen LogP contribution in [0.5, 0.6) is 0 Å². The van der Waals surface area contributed by atoms with Crippen LogP contribution in [0.25, 0.3) is 10.9 Å². The van der Waals surface area contributed by atoms with Crippen molar-refractivity contribution in [3.63, 3.8) is 0 Å². The van der Waals surface area contributed by atoms with Gasteiger partial charge in [-0.1, -0.05) is 45.9 Å². The largest absolute Gasteiger partial charge is 0.292 e. The molecule has 0 saturated carbocycles. The maximum atomic E-state index is 11.9. The highest BCUT2D eigenvalue weighted by Crippen LogP contribution is 2.27. The van der Waals surface area contributed by atoms with Crippen molar-refractivity contribution in [3.8, 4) is 0 Å². The first kappa shape index (κ1) is 16.7. The Balaban J connectivity index is 1.87. The maximum Gasteiger partial charge on any atom is 0.186 e. The van der Waals surface area contributed by atoms with E-state index >= 15 is 0 Å². The van der Waals surface area contributed by atoms with Gasteiger partial charge in [0, 0.05) is 27.9 Å². The molecule has 0 amide bonds. The summed E-state index contributed by atoms with van der Waals surface area (Å²) in [6.45, 7) is 1.51. The van der Waals surface area contributed by atoms with Crippen LogP contribution in [-0.4, -0.2) is 15.8 Å². The monoisotopic (exact) mass is 399 g/mol. The van der Waals surface area contributed by atoms with E-state index in [-0.39, 0.29) is 5.78 Å². The Labute approximate surface area is 152 Å². The van der Waals surface area contributed by atoms with Crippen molar-refractivity contribution in [3.05, 3.63) is 65.3 Å². The molecule has 1 heterocycles. The van der Waals surface area contributed by atoms with Gasteiger partial charge in [0.2, 0.25) is 0 Å². The Morgan fingerprint density at radius 3 is 2.62 bits per heavy atom. The maximum absolute atomic E-state index is 11.9. The Morgan fingerprint density at radius 2 is 1.88 bits per heavy atom. The minimum Gasteiger partial charge on any atom is -0.292 e. The molecule has 0 bridgehead atoms.